The van der Waals surface area contributed by atoms with Crippen LogP contribution in [-0.2, 0) is 17.6 Å². The van der Waals surface area contributed by atoms with Gasteiger partial charge < -0.3 is 25.6 Å². The van der Waals surface area contributed by atoms with Crippen molar-refractivity contribution in [2.24, 2.45) is 5.73 Å². The number of carbonyl (C=O) groups is 1. The molecule has 5 N–H and O–H groups in total. The maximum absolute atomic E-state index is 11.7. The predicted octanol–water partition coefficient (Wildman–Crippen LogP) is 4.08. The van der Waals surface area contributed by atoms with E-state index in [1.54, 1.807) is 6.07 Å². The van der Waals surface area contributed by atoms with Crippen LogP contribution in [0, 0.1) is 0 Å². The third-order valence-corrected chi connectivity index (χ3v) is 8.37. The molecule has 0 spiro atoms. The number of H-pyrrole nitrogens is 1. The van der Waals surface area contributed by atoms with Gasteiger partial charge in [0.1, 0.15) is 11.3 Å². The lowest BCUT2D eigenvalue weighted by molar-refractivity contribution is -0.946. The number of thiazole rings is 1. The van der Waals surface area contributed by atoms with Crippen molar-refractivity contribution in [3.63, 3.8) is 0 Å². The van der Waals surface area contributed by atoms with Crippen LogP contribution in [0.15, 0.2) is 35.1 Å². The second-order valence-electron chi connectivity index (χ2n) is 9.16. The van der Waals surface area contributed by atoms with E-state index >= 15 is 0 Å². The Morgan fingerprint density at radius 1 is 1.11 bits per heavy atom. The molecule has 35 heavy (non-hydrogen) atoms. The summed E-state index contributed by atoms with van der Waals surface area (Å²) in [4.78, 5) is 25.9. The number of primary amides is 1. The monoisotopic (exact) mass is 539 g/mol. The minimum Gasteiger partial charge on any atom is -0.506 e. The number of aromatic nitrogens is 1. The van der Waals surface area contributed by atoms with E-state index in [2.05, 4.69) is 24.1 Å². The molecule has 3 rings (SSSR count). The van der Waals surface area contributed by atoms with Gasteiger partial charge in [-0.05, 0) is 56.1 Å². The van der Waals surface area contributed by atoms with E-state index in [1.165, 1.54) is 0 Å². The van der Waals surface area contributed by atoms with Crippen molar-refractivity contribution in [1.82, 2.24) is 10.3 Å². The third-order valence-electron chi connectivity index (χ3n) is 6.67. The van der Waals surface area contributed by atoms with Crippen molar-refractivity contribution in [3.05, 3.63) is 61.2 Å². The number of hydrogen-bond acceptors (Lipinski definition) is 5. The van der Waals surface area contributed by atoms with Gasteiger partial charge in [-0.2, -0.15) is 0 Å². The third kappa shape index (κ3) is 7.21. The van der Waals surface area contributed by atoms with E-state index in [-0.39, 0.29) is 16.5 Å². The number of aromatic amines is 1. The topological polar surface area (TPSA) is 108 Å². The fourth-order valence-electron chi connectivity index (χ4n) is 4.41. The van der Waals surface area contributed by atoms with Crippen LogP contribution in [-0.4, -0.2) is 59.2 Å². The van der Waals surface area contributed by atoms with Crippen molar-refractivity contribution in [3.8, 4) is 5.75 Å². The number of nitrogens with two attached hydrogens (primary N) is 1. The predicted molar refractivity (Wildman–Crippen MR) is 145 cm³/mol. The Bertz CT molecular complexity index is 1230. The second kappa shape index (κ2) is 12.2. The van der Waals surface area contributed by atoms with E-state index in [0.29, 0.717) is 34.6 Å². The van der Waals surface area contributed by atoms with Crippen molar-refractivity contribution in [2.45, 2.75) is 39.2 Å². The first kappa shape index (κ1) is 27.5. The summed E-state index contributed by atoms with van der Waals surface area (Å²) in [6.07, 6.45) is 1.87. The number of benzene rings is 2. The van der Waals surface area contributed by atoms with E-state index in [4.69, 9.17) is 28.9 Å². The maximum atomic E-state index is 11.7. The molecule has 0 radical (unpaired) electrons. The van der Waals surface area contributed by atoms with Crippen molar-refractivity contribution >= 4 is 50.7 Å². The fourth-order valence-corrected chi connectivity index (χ4v) is 5.63. The van der Waals surface area contributed by atoms with Crippen LogP contribution in [0.5, 0.6) is 5.75 Å². The zero-order valence-corrected chi connectivity index (χ0v) is 22.4. The zero-order valence-electron chi connectivity index (χ0n) is 20.1. The molecule has 2 aromatic carbocycles. The summed E-state index contributed by atoms with van der Waals surface area (Å²) in [6.45, 7) is 8.21. The van der Waals surface area contributed by atoms with E-state index in [0.717, 1.165) is 70.7 Å². The van der Waals surface area contributed by atoms with Crippen LogP contribution in [0.2, 0.25) is 10.0 Å². The summed E-state index contributed by atoms with van der Waals surface area (Å²) in [5.74, 6) is -0.206. The lowest BCUT2D eigenvalue weighted by atomic mass is 10.1. The molecule has 0 aliphatic rings. The number of fused-ring (bicyclic) bond motifs is 1. The average Bonchev–Trinajstić information content (AvgIpc) is 3.21. The quantitative estimate of drug-likeness (QED) is 0.194. The summed E-state index contributed by atoms with van der Waals surface area (Å²) in [5, 5.41) is 14.6. The van der Waals surface area contributed by atoms with E-state index < -0.39 is 0 Å². The molecule has 0 bridgehead atoms. The Kier molecular flexibility index (Phi) is 9.61. The van der Waals surface area contributed by atoms with Crippen LogP contribution in [0.25, 0.3) is 10.2 Å². The highest BCUT2D eigenvalue weighted by atomic mass is 35.5. The van der Waals surface area contributed by atoms with E-state index in [9.17, 15) is 14.7 Å². The average molecular weight is 541 g/mol. The second-order valence-corrected chi connectivity index (χ2v) is 11.0. The van der Waals surface area contributed by atoms with Crippen LogP contribution in [0.3, 0.4) is 0 Å². The summed E-state index contributed by atoms with van der Waals surface area (Å²) in [6, 6.07) is 9.49. The lowest BCUT2D eigenvalue weighted by Crippen LogP contribution is -2.58. The SMILES string of the molecule is CC(C)[N+](CCNCCc1ccc(O)c2[nH]c(=O)sc12)(CCC(N)=O)CCc1ccc(Cl)c(Cl)c1. The summed E-state index contributed by atoms with van der Waals surface area (Å²) in [7, 11) is 0. The molecule has 1 amide bonds. The van der Waals surface area contributed by atoms with Crippen LogP contribution >= 0.6 is 34.5 Å². The van der Waals surface area contributed by atoms with Crippen molar-refractivity contribution in [1.29, 1.82) is 0 Å². The number of carbonyl (C=O) groups excluding carboxylic acids is 1. The number of hydrogen-bond donors (Lipinski definition) is 4. The molecule has 0 aliphatic carbocycles. The molecule has 1 atom stereocenters. The van der Waals surface area contributed by atoms with Gasteiger partial charge in [0, 0.05) is 13.0 Å². The van der Waals surface area contributed by atoms with Crippen LogP contribution in [0.1, 0.15) is 31.4 Å². The van der Waals surface area contributed by atoms with Crippen LogP contribution < -0.4 is 15.9 Å². The first-order valence-electron chi connectivity index (χ1n) is 11.7. The molecule has 190 valence electrons. The number of halogens is 2. The van der Waals surface area contributed by atoms with Gasteiger partial charge in [-0.15, -0.1) is 0 Å². The van der Waals surface area contributed by atoms with Gasteiger partial charge in [-0.3, -0.25) is 9.59 Å². The zero-order chi connectivity index (χ0) is 25.6. The van der Waals surface area contributed by atoms with E-state index in [1.807, 2.05) is 24.3 Å². The Hall–Kier alpha value is -2.10. The molecule has 0 saturated carbocycles. The normalized spacial score (nSPS) is 13.4. The summed E-state index contributed by atoms with van der Waals surface area (Å²) < 4.78 is 1.55. The van der Waals surface area contributed by atoms with Gasteiger partial charge in [0.25, 0.3) is 0 Å². The summed E-state index contributed by atoms with van der Waals surface area (Å²) in [5.41, 5.74) is 8.13. The van der Waals surface area contributed by atoms with Gasteiger partial charge in [-0.1, -0.05) is 46.7 Å². The molecule has 0 aliphatic heterocycles. The number of phenols is 1. The minimum absolute atomic E-state index is 0.0884. The standard InChI is InChI=1S/C25H32Cl2N4O3S/c1-16(2)31(13-9-22(28)33,12-8-17-3-5-19(26)20(27)15-17)14-11-29-10-7-18-4-6-21(32)23-24(18)35-25(34)30-23/h3-6,15-16,29H,7-14H2,1-2H3,(H3-,28,30,32,33,34)/p+1. The smallest absolute Gasteiger partial charge is 0.305 e. The molecule has 3 aromatic rings. The number of quaternary nitrogens is 1. The highest BCUT2D eigenvalue weighted by Crippen LogP contribution is 2.28. The van der Waals surface area contributed by atoms with Gasteiger partial charge >= 0.3 is 4.87 Å². The molecule has 1 heterocycles. The molecule has 7 nitrogen and oxygen atoms in total. The number of nitrogens with one attached hydrogen (secondary N) is 2. The molecular formula is C25H33Cl2N4O3S+. The number of rotatable bonds is 13. The highest BCUT2D eigenvalue weighted by Gasteiger charge is 2.31. The summed E-state index contributed by atoms with van der Waals surface area (Å²) >= 11 is 13.4. The first-order valence-corrected chi connectivity index (χ1v) is 13.3. The Balaban J connectivity index is 1.63. The number of phenolic OH excluding ortho intramolecular Hbond substituents is 1. The Morgan fingerprint density at radius 3 is 2.57 bits per heavy atom. The first-order chi connectivity index (χ1) is 16.6. The van der Waals surface area contributed by atoms with Crippen LogP contribution in [0.4, 0.5) is 0 Å². The van der Waals surface area contributed by atoms with Gasteiger partial charge in [-0.25, -0.2) is 0 Å². The number of amides is 1. The number of aromatic hydroxyl groups is 1. The molecule has 10 heteroatoms. The van der Waals surface area contributed by atoms with Gasteiger partial charge in [0.05, 0.1) is 46.8 Å². The van der Waals surface area contributed by atoms with Gasteiger partial charge in [0.2, 0.25) is 5.91 Å². The fraction of sp³-hybridized carbons (Fsp3) is 0.440. The number of nitrogens with zero attached hydrogens (tertiary/aromatic N) is 1. The maximum Gasteiger partial charge on any atom is 0.305 e. The molecular weight excluding hydrogens is 507 g/mol. The largest absolute Gasteiger partial charge is 0.506 e. The van der Waals surface area contributed by atoms with Crippen molar-refractivity contribution in [2.75, 3.05) is 32.7 Å². The molecule has 0 saturated heterocycles. The molecule has 0 fully saturated rings. The van der Waals surface area contributed by atoms with Crippen molar-refractivity contribution < 1.29 is 14.4 Å². The Morgan fingerprint density at radius 2 is 1.89 bits per heavy atom. The lowest BCUT2D eigenvalue weighted by Gasteiger charge is -2.42. The highest BCUT2D eigenvalue weighted by molar-refractivity contribution is 7.16. The molecule has 1 unspecified atom stereocenters. The molecule has 1 aromatic heterocycles. The van der Waals surface area contributed by atoms with Gasteiger partial charge in [0.15, 0.2) is 0 Å². The Labute approximate surface area is 219 Å². The minimum atomic E-state index is -0.294.